The fourth-order valence-corrected chi connectivity index (χ4v) is 6.62. The van der Waals surface area contributed by atoms with Crippen LogP contribution in [0, 0.1) is 17.8 Å². The quantitative estimate of drug-likeness (QED) is 0.819. The Morgan fingerprint density at radius 1 is 1.25 bits per heavy atom. The first kappa shape index (κ1) is 14.7. The topological polar surface area (TPSA) is 38.3 Å². The summed E-state index contributed by atoms with van der Waals surface area (Å²) in [6, 6.07) is 0.115. The van der Waals surface area contributed by atoms with E-state index in [1.807, 2.05) is 18.7 Å². The Hall–Kier alpha value is -0.220. The van der Waals surface area contributed by atoms with Crippen LogP contribution in [0.15, 0.2) is 0 Å². The SMILES string of the molecule is COCC(C)NC(=O)CSC12CC3CC(CC(C3)C1)C2. The van der Waals surface area contributed by atoms with Crippen LogP contribution in [0.3, 0.4) is 0 Å². The molecule has 0 aromatic rings. The summed E-state index contributed by atoms with van der Waals surface area (Å²) in [5, 5.41) is 3.03. The van der Waals surface area contributed by atoms with Gasteiger partial charge >= 0.3 is 0 Å². The lowest BCUT2D eigenvalue weighted by Crippen LogP contribution is -2.49. The van der Waals surface area contributed by atoms with Crippen molar-refractivity contribution in [2.45, 2.75) is 56.2 Å². The maximum atomic E-state index is 12.0. The number of hydrogen-bond acceptors (Lipinski definition) is 3. The lowest BCUT2D eigenvalue weighted by molar-refractivity contribution is -0.119. The number of carbonyl (C=O) groups is 1. The Morgan fingerprint density at radius 2 is 1.80 bits per heavy atom. The van der Waals surface area contributed by atoms with Crippen LogP contribution in [0.1, 0.15) is 45.4 Å². The molecule has 1 atom stereocenters. The number of carbonyl (C=O) groups excluding carboxylic acids is 1. The summed E-state index contributed by atoms with van der Waals surface area (Å²) in [5.41, 5.74) is 0. The van der Waals surface area contributed by atoms with Crippen LogP contribution in [-0.2, 0) is 9.53 Å². The maximum absolute atomic E-state index is 12.0. The van der Waals surface area contributed by atoms with Gasteiger partial charge in [-0.05, 0) is 63.2 Å². The Labute approximate surface area is 126 Å². The monoisotopic (exact) mass is 297 g/mol. The van der Waals surface area contributed by atoms with Gasteiger partial charge in [0.05, 0.1) is 12.4 Å². The molecule has 0 saturated heterocycles. The molecule has 4 bridgehead atoms. The Bertz CT molecular complexity index is 336. The van der Waals surface area contributed by atoms with Crippen molar-refractivity contribution in [3.05, 3.63) is 0 Å². The molecule has 0 spiro atoms. The van der Waals surface area contributed by atoms with Crippen molar-refractivity contribution in [3.8, 4) is 0 Å². The first-order valence-corrected chi connectivity index (χ1v) is 8.99. The molecule has 1 N–H and O–H groups in total. The zero-order valence-electron chi connectivity index (χ0n) is 12.7. The van der Waals surface area contributed by atoms with Crippen LogP contribution in [0.25, 0.3) is 0 Å². The third-order valence-electron chi connectivity index (χ3n) is 5.32. The minimum atomic E-state index is 0.115. The molecule has 0 aromatic heterocycles. The summed E-state index contributed by atoms with van der Waals surface area (Å²) in [6.07, 6.45) is 8.50. The number of thioether (sulfide) groups is 1. The van der Waals surface area contributed by atoms with Gasteiger partial charge < -0.3 is 10.1 Å². The van der Waals surface area contributed by atoms with E-state index in [4.69, 9.17) is 4.74 Å². The zero-order chi connectivity index (χ0) is 14.2. The van der Waals surface area contributed by atoms with E-state index in [2.05, 4.69) is 5.32 Å². The molecule has 4 saturated carbocycles. The molecule has 4 aliphatic carbocycles. The summed E-state index contributed by atoms with van der Waals surface area (Å²) >= 11 is 1.95. The Morgan fingerprint density at radius 3 is 2.30 bits per heavy atom. The molecule has 3 nitrogen and oxygen atoms in total. The van der Waals surface area contributed by atoms with E-state index in [0.717, 1.165) is 17.8 Å². The lowest BCUT2D eigenvalue weighted by Gasteiger charge is -2.56. The largest absolute Gasteiger partial charge is 0.383 e. The van der Waals surface area contributed by atoms with Gasteiger partial charge in [0.15, 0.2) is 0 Å². The molecule has 0 radical (unpaired) electrons. The predicted octanol–water partition coefficient (Wildman–Crippen LogP) is 2.84. The molecule has 4 aliphatic rings. The lowest BCUT2D eigenvalue weighted by atomic mass is 9.56. The van der Waals surface area contributed by atoms with Crippen LogP contribution in [-0.4, -0.2) is 36.2 Å². The van der Waals surface area contributed by atoms with Gasteiger partial charge in [-0.1, -0.05) is 0 Å². The number of rotatable bonds is 6. The van der Waals surface area contributed by atoms with Gasteiger partial charge in [-0.3, -0.25) is 4.79 Å². The van der Waals surface area contributed by atoms with Crippen LogP contribution in [0.5, 0.6) is 0 Å². The molecule has 1 amide bonds. The first-order valence-electron chi connectivity index (χ1n) is 8.01. The number of hydrogen-bond donors (Lipinski definition) is 1. The predicted molar refractivity (Wildman–Crippen MR) is 82.8 cm³/mol. The van der Waals surface area contributed by atoms with Gasteiger partial charge in [-0.15, -0.1) is 11.8 Å². The highest BCUT2D eigenvalue weighted by Crippen LogP contribution is 2.60. The normalized spacial score (nSPS) is 39.8. The molecule has 4 rings (SSSR count). The summed E-state index contributed by atoms with van der Waals surface area (Å²) in [6.45, 7) is 2.59. The average molecular weight is 297 g/mol. The van der Waals surface area contributed by atoms with E-state index in [-0.39, 0.29) is 11.9 Å². The second kappa shape index (κ2) is 5.88. The van der Waals surface area contributed by atoms with Crippen molar-refractivity contribution < 1.29 is 9.53 Å². The van der Waals surface area contributed by atoms with E-state index in [1.54, 1.807) is 7.11 Å². The van der Waals surface area contributed by atoms with Gasteiger partial charge in [0, 0.05) is 17.9 Å². The van der Waals surface area contributed by atoms with Crippen LogP contribution < -0.4 is 5.32 Å². The fraction of sp³-hybridized carbons (Fsp3) is 0.938. The summed E-state index contributed by atoms with van der Waals surface area (Å²) < 4.78 is 5.50. The van der Waals surface area contributed by atoms with E-state index >= 15 is 0 Å². The molecule has 20 heavy (non-hydrogen) atoms. The van der Waals surface area contributed by atoms with Gasteiger partial charge in [0.2, 0.25) is 5.91 Å². The van der Waals surface area contributed by atoms with Gasteiger partial charge in [0.1, 0.15) is 0 Å². The van der Waals surface area contributed by atoms with E-state index in [0.29, 0.717) is 17.1 Å². The van der Waals surface area contributed by atoms with E-state index < -0.39 is 0 Å². The maximum Gasteiger partial charge on any atom is 0.230 e. The van der Waals surface area contributed by atoms with Crippen molar-refractivity contribution in [2.75, 3.05) is 19.5 Å². The van der Waals surface area contributed by atoms with Crippen molar-refractivity contribution in [1.82, 2.24) is 5.32 Å². The molecule has 0 aromatic carbocycles. The molecular weight excluding hydrogens is 270 g/mol. The fourth-order valence-electron chi connectivity index (χ4n) is 5.03. The highest BCUT2D eigenvalue weighted by Gasteiger charge is 2.51. The third-order valence-corrected chi connectivity index (χ3v) is 6.83. The van der Waals surface area contributed by atoms with Crippen molar-refractivity contribution in [2.24, 2.45) is 17.8 Å². The highest BCUT2D eigenvalue weighted by molar-refractivity contribution is 8.01. The number of ether oxygens (including phenoxy) is 1. The number of methoxy groups -OCH3 is 1. The minimum absolute atomic E-state index is 0.115. The Balaban J connectivity index is 1.49. The van der Waals surface area contributed by atoms with Crippen LogP contribution in [0.4, 0.5) is 0 Å². The van der Waals surface area contributed by atoms with E-state index in [9.17, 15) is 4.79 Å². The summed E-state index contributed by atoms with van der Waals surface area (Å²) in [5.74, 6) is 3.69. The molecule has 4 heteroatoms. The minimum Gasteiger partial charge on any atom is -0.383 e. The second-order valence-corrected chi connectivity index (χ2v) is 8.76. The zero-order valence-corrected chi connectivity index (χ0v) is 13.5. The van der Waals surface area contributed by atoms with Gasteiger partial charge in [-0.25, -0.2) is 0 Å². The summed E-state index contributed by atoms with van der Waals surface area (Å²) in [4.78, 5) is 12.0. The van der Waals surface area contributed by atoms with Crippen LogP contribution in [0.2, 0.25) is 0 Å². The molecule has 0 heterocycles. The Kier molecular flexibility index (Phi) is 4.32. The molecule has 114 valence electrons. The first-order chi connectivity index (χ1) is 9.58. The second-order valence-electron chi connectivity index (χ2n) is 7.31. The van der Waals surface area contributed by atoms with Crippen molar-refractivity contribution in [1.29, 1.82) is 0 Å². The van der Waals surface area contributed by atoms with E-state index in [1.165, 1.54) is 38.5 Å². The smallest absolute Gasteiger partial charge is 0.230 e. The number of nitrogens with one attached hydrogen (secondary N) is 1. The summed E-state index contributed by atoms with van der Waals surface area (Å²) in [7, 11) is 1.67. The molecule has 4 fully saturated rings. The third kappa shape index (κ3) is 3.16. The molecule has 0 aliphatic heterocycles. The highest BCUT2D eigenvalue weighted by atomic mass is 32.2. The van der Waals surface area contributed by atoms with Crippen molar-refractivity contribution in [3.63, 3.8) is 0 Å². The van der Waals surface area contributed by atoms with Crippen LogP contribution >= 0.6 is 11.8 Å². The molecule has 1 unspecified atom stereocenters. The number of amides is 1. The standard InChI is InChI=1S/C16H27NO2S/c1-11(9-19-2)17-15(18)10-20-16-6-12-3-13(7-16)5-14(4-12)8-16/h11-14H,3-10H2,1-2H3,(H,17,18). The molecular formula is C16H27NO2S. The van der Waals surface area contributed by atoms with Gasteiger partial charge in [-0.2, -0.15) is 0 Å². The van der Waals surface area contributed by atoms with Crippen molar-refractivity contribution >= 4 is 17.7 Å². The van der Waals surface area contributed by atoms with Gasteiger partial charge in [0.25, 0.3) is 0 Å². The average Bonchev–Trinajstić information content (AvgIpc) is 2.35.